The maximum absolute atomic E-state index is 12.6. The van der Waals surface area contributed by atoms with Crippen molar-refractivity contribution in [3.8, 4) is 5.75 Å². The van der Waals surface area contributed by atoms with Gasteiger partial charge in [0.25, 0.3) is 0 Å². The van der Waals surface area contributed by atoms with Crippen LogP contribution in [0.4, 0.5) is 5.69 Å². The summed E-state index contributed by atoms with van der Waals surface area (Å²) in [4.78, 5) is 12.4. The van der Waals surface area contributed by atoms with Crippen molar-refractivity contribution in [3.63, 3.8) is 0 Å². The first-order valence-corrected chi connectivity index (χ1v) is 10.4. The molecular weight excluding hydrogens is 411 g/mol. The first-order chi connectivity index (χ1) is 12.6. The number of halogens is 2. The Morgan fingerprint density at radius 2 is 1.89 bits per heavy atom. The third-order valence-electron chi connectivity index (χ3n) is 3.67. The number of rotatable bonds is 7. The van der Waals surface area contributed by atoms with E-state index in [1.165, 1.54) is 31.2 Å². The summed E-state index contributed by atoms with van der Waals surface area (Å²) in [6.07, 6.45) is 0. The van der Waals surface area contributed by atoms with E-state index >= 15 is 0 Å². The summed E-state index contributed by atoms with van der Waals surface area (Å²) >= 11 is 11.9. The number of carbonyl (C=O) groups is 1. The molecule has 0 aliphatic rings. The van der Waals surface area contributed by atoms with Crippen LogP contribution in [-0.2, 0) is 14.8 Å². The van der Waals surface area contributed by atoms with E-state index in [4.69, 9.17) is 27.9 Å². The third-order valence-corrected chi connectivity index (χ3v) is 5.77. The molecule has 0 spiro atoms. The summed E-state index contributed by atoms with van der Waals surface area (Å²) < 4.78 is 32.9. The molecule has 0 aliphatic heterocycles. The number of benzene rings is 2. The quantitative estimate of drug-likeness (QED) is 0.694. The maximum Gasteiger partial charge on any atom is 0.242 e. The van der Waals surface area contributed by atoms with Gasteiger partial charge in [0.2, 0.25) is 15.9 Å². The summed E-state index contributed by atoms with van der Waals surface area (Å²) in [5.41, 5.74) is 0.986. The molecule has 146 valence electrons. The minimum Gasteiger partial charge on any atom is -0.494 e. The second-order valence-electron chi connectivity index (χ2n) is 5.82. The molecule has 0 heterocycles. The minimum absolute atomic E-state index is 0.0453. The highest BCUT2D eigenvalue weighted by Gasteiger charge is 2.23. The number of hydrogen-bond acceptors (Lipinski definition) is 4. The van der Waals surface area contributed by atoms with Gasteiger partial charge in [0.05, 0.1) is 28.3 Å². The summed E-state index contributed by atoms with van der Waals surface area (Å²) in [6.45, 7) is 5.51. The number of anilines is 1. The van der Waals surface area contributed by atoms with Gasteiger partial charge in [-0.3, -0.25) is 4.79 Å². The molecule has 0 saturated carbocycles. The predicted octanol–water partition coefficient (Wildman–Crippen LogP) is 4.01. The standard InChI is InChI=1S/C18H20Cl2N2O4S/c1-4-26-17-8-6-14(9-11(17)2)27(24,25)22-12(3)18(23)21-16-10-13(19)5-7-15(16)20/h5-10,12,22H,4H2,1-3H3,(H,21,23)/t12-/m1/s1. The molecule has 1 amide bonds. The second kappa shape index (κ2) is 8.93. The zero-order valence-electron chi connectivity index (χ0n) is 15.0. The van der Waals surface area contributed by atoms with E-state index in [-0.39, 0.29) is 4.90 Å². The van der Waals surface area contributed by atoms with Gasteiger partial charge in [0, 0.05) is 5.02 Å². The molecule has 1 atom stereocenters. The molecule has 2 N–H and O–H groups in total. The molecule has 0 aromatic heterocycles. The topological polar surface area (TPSA) is 84.5 Å². The van der Waals surface area contributed by atoms with Gasteiger partial charge in [-0.25, -0.2) is 8.42 Å². The molecule has 0 radical (unpaired) electrons. The number of sulfonamides is 1. The van der Waals surface area contributed by atoms with Crippen molar-refractivity contribution < 1.29 is 17.9 Å². The van der Waals surface area contributed by atoms with Crippen molar-refractivity contribution >= 4 is 44.8 Å². The minimum atomic E-state index is -3.89. The van der Waals surface area contributed by atoms with E-state index in [2.05, 4.69) is 10.0 Å². The molecular formula is C18H20Cl2N2O4S. The lowest BCUT2D eigenvalue weighted by molar-refractivity contribution is -0.117. The highest BCUT2D eigenvalue weighted by Crippen LogP contribution is 2.26. The van der Waals surface area contributed by atoms with Gasteiger partial charge in [0.1, 0.15) is 5.75 Å². The zero-order valence-corrected chi connectivity index (χ0v) is 17.4. The van der Waals surface area contributed by atoms with Crippen molar-refractivity contribution in [2.45, 2.75) is 31.7 Å². The normalized spacial score (nSPS) is 12.5. The summed E-state index contributed by atoms with van der Waals surface area (Å²) in [5.74, 6) is 0.0447. The summed E-state index contributed by atoms with van der Waals surface area (Å²) in [6, 6.07) is 8.08. The smallest absolute Gasteiger partial charge is 0.242 e. The van der Waals surface area contributed by atoms with Crippen LogP contribution in [0.15, 0.2) is 41.3 Å². The van der Waals surface area contributed by atoms with Gasteiger partial charge >= 0.3 is 0 Å². The Kier molecular flexibility index (Phi) is 7.11. The fraction of sp³-hybridized carbons (Fsp3) is 0.278. The van der Waals surface area contributed by atoms with Crippen LogP contribution in [0.1, 0.15) is 19.4 Å². The lowest BCUT2D eigenvalue weighted by atomic mass is 10.2. The average molecular weight is 431 g/mol. The van der Waals surface area contributed by atoms with E-state index < -0.39 is 22.0 Å². The van der Waals surface area contributed by atoms with E-state index in [0.717, 1.165) is 0 Å². The van der Waals surface area contributed by atoms with Crippen LogP contribution >= 0.6 is 23.2 Å². The first kappa shape index (κ1) is 21.5. The van der Waals surface area contributed by atoms with Crippen LogP contribution in [0.3, 0.4) is 0 Å². The number of carbonyl (C=O) groups excluding carboxylic acids is 1. The summed E-state index contributed by atoms with van der Waals surface area (Å²) in [5, 5.41) is 3.25. The highest BCUT2D eigenvalue weighted by molar-refractivity contribution is 7.89. The van der Waals surface area contributed by atoms with E-state index in [0.29, 0.717) is 33.7 Å². The molecule has 0 bridgehead atoms. The first-order valence-electron chi connectivity index (χ1n) is 8.15. The molecule has 9 heteroatoms. The van der Waals surface area contributed by atoms with Crippen molar-refractivity contribution in [2.24, 2.45) is 0 Å². The van der Waals surface area contributed by atoms with Gasteiger partial charge in [-0.05, 0) is 62.7 Å². The van der Waals surface area contributed by atoms with Crippen LogP contribution in [0.5, 0.6) is 5.75 Å². The number of aryl methyl sites for hydroxylation is 1. The molecule has 2 rings (SSSR count). The van der Waals surface area contributed by atoms with Crippen molar-refractivity contribution in [2.75, 3.05) is 11.9 Å². The van der Waals surface area contributed by atoms with Crippen LogP contribution in [0, 0.1) is 6.92 Å². The predicted molar refractivity (Wildman–Crippen MR) is 107 cm³/mol. The van der Waals surface area contributed by atoms with Crippen LogP contribution < -0.4 is 14.8 Å². The van der Waals surface area contributed by atoms with Gasteiger partial charge in [-0.15, -0.1) is 0 Å². The SMILES string of the molecule is CCOc1ccc(S(=O)(=O)N[C@H](C)C(=O)Nc2cc(Cl)ccc2Cl)cc1C. The van der Waals surface area contributed by atoms with Gasteiger partial charge in [0.15, 0.2) is 0 Å². The van der Waals surface area contributed by atoms with Crippen LogP contribution in [0.25, 0.3) is 0 Å². The number of amides is 1. The fourth-order valence-electron chi connectivity index (χ4n) is 2.30. The van der Waals surface area contributed by atoms with E-state index in [1.54, 1.807) is 19.1 Å². The average Bonchev–Trinajstić information content (AvgIpc) is 2.59. The Morgan fingerprint density at radius 3 is 2.52 bits per heavy atom. The summed E-state index contributed by atoms with van der Waals surface area (Å²) in [7, 11) is -3.89. The number of nitrogens with one attached hydrogen (secondary N) is 2. The maximum atomic E-state index is 12.6. The monoisotopic (exact) mass is 430 g/mol. The number of ether oxygens (including phenoxy) is 1. The molecule has 0 fully saturated rings. The Hall–Kier alpha value is -1.80. The Balaban J connectivity index is 2.13. The molecule has 2 aromatic rings. The van der Waals surface area contributed by atoms with Crippen molar-refractivity contribution in [3.05, 3.63) is 52.0 Å². The Labute approximate surface area is 168 Å². The second-order valence-corrected chi connectivity index (χ2v) is 8.37. The third kappa shape index (κ3) is 5.59. The van der Waals surface area contributed by atoms with Gasteiger partial charge in [-0.2, -0.15) is 4.72 Å². The lowest BCUT2D eigenvalue weighted by Gasteiger charge is -2.16. The van der Waals surface area contributed by atoms with Gasteiger partial charge < -0.3 is 10.1 Å². The lowest BCUT2D eigenvalue weighted by Crippen LogP contribution is -2.41. The van der Waals surface area contributed by atoms with E-state index in [1.807, 2.05) is 6.92 Å². The molecule has 2 aromatic carbocycles. The van der Waals surface area contributed by atoms with Crippen molar-refractivity contribution in [1.82, 2.24) is 4.72 Å². The Morgan fingerprint density at radius 1 is 1.19 bits per heavy atom. The highest BCUT2D eigenvalue weighted by atomic mass is 35.5. The van der Waals surface area contributed by atoms with Gasteiger partial charge in [-0.1, -0.05) is 23.2 Å². The Bertz CT molecular complexity index is 948. The molecule has 27 heavy (non-hydrogen) atoms. The molecule has 0 unspecified atom stereocenters. The van der Waals surface area contributed by atoms with Crippen LogP contribution in [-0.4, -0.2) is 27.0 Å². The van der Waals surface area contributed by atoms with Crippen LogP contribution in [0.2, 0.25) is 10.0 Å². The molecule has 0 aliphatic carbocycles. The number of hydrogen-bond donors (Lipinski definition) is 2. The zero-order chi connectivity index (χ0) is 20.2. The van der Waals surface area contributed by atoms with E-state index in [9.17, 15) is 13.2 Å². The molecule has 0 saturated heterocycles. The van der Waals surface area contributed by atoms with Crippen molar-refractivity contribution in [1.29, 1.82) is 0 Å². The molecule has 6 nitrogen and oxygen atoms in total. The fourth-order valence-corrected chi connectivity index (χ4v) is 3.92. The largest absolute Gasteiger partial charge is 0.494 e.